The number of benzene rings is 1. The number of methoxy groups -OCH3 is 1. The number of ether oxygens (including phenoxy) is 1. The zero-order chi connectivity index (χ0) is 21.7. The molecule has 31 heavy (non-hydrogen) atoms. The predicted octanol–water partition coefficient (Wildman–Crippen LogP) is 3.40. The van der Waals surface area contributed by atoms with Crippen LogP contribution in [0.2, 0.25) is 0 Å². The first kappa shape index (κ1) is 25.1. The molecule has 1 atom stereocenters. The molecular weight excluding hydrogens is 524 g/mol. The van der Waals surface area contributed by atoms with Gasteiger partial charge >= 0.3 is 6.18 Å². The lowest BCUT2D eigenvalue weighted by Gasteiger charge is -2.22. The molecule has 1 unspecified atom stereocenters. The molecule has 1 aliphatic heterocycles. The average molecular weight is 552 g/mol. The number of anilines is 1. The maximum atomic E-state index is 13.2. The SMILES string of the molecule is CCNC(=NCc1cn(C)nc1C(F)(F)F)NC1CCN(c2ccccc2OC)C1.I. The molecule has 2 N–H and O–H groups in total. The van der Waals surface area contributed by atoms with Gasteiger partial charge < -0.3 is 20.3 Å². The molecule has 1 saturated heterocycles. The predicted molar refractivity (Wildman–Crippen MR) is 125 cm³/mol. The van der Waals surface area contributed by atoms with Crippen molar-refractivity contribution in [3.05, 3.63) is 41.7 Å². The van der Waals surface area contributed by atoms with Crippen LogP contribution >= 0.6 is 24.0 Å². The molecule has 172 valence electrons. The Morgan fingerprint density at radius 2 is 2.06 bits per heavy atom. The molecule has 1 aliphatic rings. The monoisotopic (exact) mass is 552 g/mol. The van der Waals surface area contributed by atoms with Gasteiger partial charge in [-0.15, -0.1) is 24.0 Å². The van der Waals surface area contributed by atoms with Gasteiger partial charge in [0.2, 0.25) is 0 Å². The molecular formula is C20H28F3IN6O. The zero-order valence-electron chi connectivity index (χ0n) is 17.7. The van der Waals surface area contributed by atoms with Crippen LogP contribution in [0.4, 0.5) is 18.9 Å². The van der Waals surface area contributed by atoms with E-state index in [1.807, 2.05) is 31.2 Å². The summed E-state index contributed by atoms with van der Waals surface area (Å²) < 4.78 is 46.1. The van der Waals surface area contributed by atoms with E-state index in [-0.39, 0.29) is 42.1 Å². The number of hydrogen-bond acceptors (Lipinski definition) is 4. The van der Waals surface area contributed by atoms with Crippen molar-refractivity contribution in [3.8, 4) is 5.75 Å². The highest BCUT2D eigenvalue weighted by molar-refractivity contribution is 14.0. The Labute approximate surface area is 197 Å². The molecule has 0 amide bonds. The quantitative estimate of drug-likeness (QED) is 0.327. The molecule has 0 radical (unpaired) electrons. The van der Waals surface area contributed by atoms with Gasteiger partial charge in [-0.3, -0.25) is 4.68 Å². The summed E-state index contributed by atoms with van der Waals surface area (Å²) in [7, 11) is 3.12. The van der Waals surface area contributed by atoms with Gasteiger partial charge in [0.15, 0.2) is 11.7 Å². The number of nitrogens with zero attached hydrogens (tertiary/aromatic N) is 4. The third-order valence-electron chi connectivity index (χ3n) is 4.88. The van der Waals surface area contributed by atoms with Crippen LogP contribution in [-0.4, -0.2) is 48.5 Å². The first-order chi connectivity index (χ1) is 14.3. The lowest BCUT2D eigenvalue weighted by Crippen LogP contribution is -2.44. The molecule has 3 rings (SSSR count). The number of halogens is 4. The molecule has 1 aromatic carbocycles. The van der Waals surface area contributed by atoms with E-state index in [1.54, 1.807) is 7.11 Å². The molecule has 0 bridgehead atoms. The van der Waals surface area contributed by atoms with Gasteiger partial charge in [-0.1, -0.05) is 12.1 Å². The first-order valence-corrected chi connectivity index (χ1v) is 9.84. The van der Waals surface area contributed by atoms with Crippen molar-refractivity contribution in [2.45, 2.75) is 32.1 Å². The fraction of sp³-hybridized carbons (Fsp3) is 0.500. The minimum atomic E-state index is -4.50. The molecule has 0 saturated carbocycles. The summed E-state index contributed by atoms with van der Waals surface area (Å²) >= 11 is 0. The van der Waals surface area contributed by atoms with E-state index in [0.29, 0.717) is 12.5 Å². The van der Waals surface area contributed by atoms with Gasteiger partial charge in [-0.2, -0.15) is 18.3 Å². The van der Waals surface area contributed by atoms with Crippen LogP contribution in [-0.2, 0) is 19.8 Å². The number of aryl methyl sites for hydroxylation is 1. The number of hydrogen-bond donors (Lipinski definition) is 2. The maximum Gasteiger partial charge on any atom is 0.435 e. The lowest BCUT2D eigenvalue weighted by atomic mass is 10.2. The number of para-hydroxylation sites is 2. The van der Waals surface area contributed by atoms with Crippen molar-refractivity contribution < 1.29 is 17.9 Å². The minimum Gasteiger partial charge on any atom is -0.495 e. The van der Waals surface area contributed by atoms with Crippen LogP contribution in [0.15, 0.2) is 35.5 Å². The Bertz CT molecular complexity index is 886. The second-order valence-electron chi connectivity index (χ2n) is 7.12. The van der Waals surface area contributed by atoms with E-state index in [1.165, 1.54) is 13.2 Å². The third-order valence-corrected chi connectivity index (χ3v) is 4.88. The van der Waals surface area contributed by atoms with Crippen molar-refractivity contribution in [1.82, 2.24) is 20.4 Å². The van der Waals surface area contributed by atoms with E-state index in [0.717, 1.165) is 35.6 Å². The molecule has 1 fully saturated rings. The Morgan fingerprint density at radius 3 is 2.74 bits per heavy atom. The largest absolute Gasteiger partial charge is 0.495 e. The Kier molecular flexibility index (Phi) is 8.83. The number of aliphatic imine (C=N–C) groups is 1. The number of aromatic nitrogens is 2. The smallest absolute Gasteiger partial charge is 0.435 e. The maximum absolute atomic E-state index is 13.2. The summed E-state index contributed by atoms with van der Waals surface area (Å²) in [5, 5.41) is 9.98. The second kappa shape index (κ2) is 10.9. The van der Waals surface area contributed by atoms with Crippen molar-refractivity contribution in [1.29, 1.82) is 0 Å². The normalized spacial score (nSPS) is 16.8. The first-order valence-electron chi connectivity index (χ1n) is 9.84. The number of nitrogens with one attached hydrogen (secondary N) is 2. The molecule has 0 spiro atoms. The van der Waals surface area contributed by atoms with Crippen LogP contribution in [0.3, 0.4) is 0 Å². The van der Waals surface area contributed by atoms with Gasteiger partial charge in [-0.25, -0.2) is 4.99 Å². The van der Waals surface area contributed by atoms with Crippen LogP contribution in [0.5, 0.6) is 5.75 Å². The van der Waals surface area contributed by atoms with Crippen molar-refractivity contribution >= 4 is 35.6 Å². The third kappa shape index (κ3) is 6.40. The Morgan fingerprint density at radius 1 is 1.32 bits per heavy atom. The summed E-state index contributed by atoms with van der Waals surface area (Å²) in [5.41, 5.74) is 0.175. The van der Waals surface area contributed by atoms with Crippen molar-refractivity contribution in [2.75, 3.05) is 31.6 Å². The highest BCUT2D eigenvalue weighted by atomic mass is 127. The van der Waals surface area contributed by atoms with Gasteiger partial charge in [0.05, 0.1) is 19.3 Å². The molecule has 0 aliphatic carbocycles. The van der Waals surface area contributed by atoms with E-state index in [2.05, 4.69) is 25.6 Å². The molecule has 2 aromatic rings. The van der Waals surface area contributed by atoms with Crippen LogP contribution in [0.25, 0.3) is 0 Å². The number of guanidine groups is 1. The number of alkyl halides is 3. The minimum absolute atomic E-state index is 0. The molecule has 7 nitrogen and oxygen atoms in total. The Hall–Kier alpha value is -2.18. The summed E-state index contributed by atoms with van der Waals surface area (Å²) in [6.45, 7) is 4.00. The fourth-order valence-electron chi connectivity index (χ4n) is 3.56. The van der Waals surface area contributed by atoms with E-state index < -0.39 is 11.9 Å². The lowest BCUT2D eigenvalue weighted by molar-refractivity contribution is -0.142. The van der Waals surface area contributed by atoms with Crippen LogP contribution in [0.1, 0.15) is 24.6 Å². The highest BCUT2D eigenvalue weighted by Crippen LogP contribution is 2.31. The van der Waals surface area contributed by atoms with Crippen LogP contribution in [0, 0.1) is 0 Å². The summed E-state index contributed by atoms with van der Waals surface area (Å²) in [6, 6.07) is 7.95. The summed E-state index contributed by atoms with van der Waals surface area (Å²) in [4.78, 5) is 6.59. The van der Waals surface area contributed by atoms with Crippen LogP contribution < -0.4 is 20.3 Å². The fourth-order valence-corrected chi connectivity index (χ4v) is 3.56. The van der Waals surface area contributed by atoms with Gasteiger partial charge in [0, 0.05) is 44.5 Å². The van der Waals surface area contributed by atoms with E-state index in [9.17, 15) is 13.2 Å². The highest BCUT2D eigenvalue weighted by Gasteiger charge is 2.36. The van der Waals surface area contributed by atoms with Crippen molar-refractivity contribution in [3.63, 3.8) is 0 Å². The molecule has 1 aromatic heterocycles. The summed E-state index contributed by atoms with van der Waals surface area (Å²) in [6.07, 6.45) is -2.27. The second-order valence-corrected chi connectivity index (χ2v) is 7.12. The van der Waals surface area contributed by atoms with Gasteiger partial charge in [-0.05, 0) is 25.5 Å². The number of rotatable bonds is 6. The standard InChI is InChI=1S/C20H27F3N6O.HI/c1-4-24-19(25-11-14-12-28(2)27-18(14)20(21,22)23)26-15-9-10-29(13-15)16-7-5-6-8-17(16)30-3;/h5-8,12,15H,4,9-11,13H2,1-3H3,(H2,24,25,26);1H. The molecule has 2 heterocycles. The van der Waals surface area contributed by atoms with Gasteiger partial charge in [0.25, 0.3) is 0 Å². The van der Waals surface area contributed by atoms with E-state index in [4.69, 9.17) is 4.74 Å². The van der Waals surface area contributed by atoms with Gasteiger partial charge in [0.1, 0.15) is 5.75 Å². The summed E-state index contributed by atoms with van der Waals surface area (Å²) in [5.74, 6) is 1.30. The zero-order valence-corrected chi connectivity index (χ0v) is 20.1. The van der Waals surface area contributed by atoms with Crippen molar-refractivity contribution in [2.24, 2.45) is 12.0 Å². The van der Waals surface area contributed by atoms with E-state index >= 15 is 0 Å². The average Bonchev–Trinajstić information content (AvgIpc) is 3.32. The Balaban J connectivity index is 0.00000341. The topological polar surface area (TPSA) is 66.7 Å². The molecule has 11 heteroatoms.